The van der Waals surface area contributed by atoms with Crippen LogP contribution in [0.4, 0.5) is 0 Å². The van der Waals surface area contributed by atoms with Crippen molar-refractivity contribution in [3.63, 3.8) is 0 Å². The van der Waals surface area contributed by atoms with E-state index in [2.05, 4.69) is 30.3 Å². The van der Waals surface area contributed by atoms with Crippen molar-refractivity contribution in [1.82, 2.24) is 0 Å². The second kappa shape index (κ2) is 9.65. The molecule has 0 radical (unpaired) electrons. The summed E-state index contributed by atoms with van der Waals surface area (Å²) in [5, 5.41) is 0. The van der Waals surface area contributed by atoms with Gasteiger partial charge in [-0.3, -0.25) is 0 Å². The maximum absolute atomic E-state index is 5.63. The lowest BCUT2D eigenvalue weighted by atomic mass is 9.94. The van der Waals surface area contributed by atoms with E-state index in [1.54, 1.807) is 21.3 Å². The first-order valence-electron chi connectivity index (χ1n) is 10.5. The van der Waals surface area contributed by atoms with Crippen LogP contribution in [-0.4, -0.2) is 28.1 Å². The van der Waals surface area contributed by atoms with Crippen molar-refractivity contribution in [2.45, 2.75) is 25.7 Å². The second-order valence-corrected chi connectivity index (χ2v) is 7.51. The monoisotopic (exact) mass is 420 g/mol. The summed E-state index contributed by atoms with van der Waals surface area (Å²) in [6.45, 7) is 0.284. The molecule has 0 aliphatic carbocycles. The summed E-state index contributed by atoms with van der Waals surface area (Å²) in [5.41, 5.74) is 5.06. The summed E-state index contributed by atoms with van der Waals surface area (Å²) < 4.78 is 27.3. The zero-order chi connectivity index (χ0) is 21.6. The van der Waals surface area contributed by atoms with Crippen LogP contribution in [0.1, 0.15) is 22.3 Å². The minimum absolute atomic E-state index is 0.284. The molecule has 1 aliphatic rings. The van der Waals surface area contributed by atoms with Gasteiger partial charge in [-0.15, -0.1) is 0 Å². The highest BCUT2D eigenvalue weighted by atomic mass is 16.7. The number of hydrogen-bond acceptors (Lipinski definition) is 5. The van der Waals surface area contributed by atoms with E-state index >= 15 is 0 Å². The van der Waals surface area contributed by atoms with E-state index in [4.69, 9.17) is 23.7 Å². The number of hydrogen-bond donors (Lipinski definition) is 0. The molecule has 4 rings (SSSR count). The Morgan fingerprint density at radius 1 is 0.613 bits per heavy atom. The first-order chi connectivity index (χ1) is 15.2. The van der Waals surface area contributed by atoms with Gasteiger partial charge in [0, 0.05) is 0 Å². The Balaban J connectivity index is 1.51. The number of aryl methyl sites for hydroxylation is 4. The predicted octanol–water partition coefficient (Wildman–Crippen LogP) is 5.01. The fourth-order valence-electron chi connectivity index (χ4n) is 3.88. The SMILES string of the molecule is COc1ccc(CCc2cc3c(cc2CCc2ccc(OC)c(OC)c2)OCO3)cc1. The van der Waals surface area contributed by atoms with Crippen molar-refractivity contribution in [2.24, 2.45) is 0 Å². The molecule has 5 heteroatoms. The molecule has 0 amide bonds. The van der Waals surface area contributed by atoms with Gasteiger partial charge >= 0.3 is 0 Å². The Bertz CT molecular complexity index is 1030. The Kier molecular flexibility index (Phi) is 6.51. The second-order valence-electron chi connectivity index (χ2n) is 7.51. The standard InChI is InChI=1S/C26H28O5/c1-27-22-11-6-18(7-12-22)4-9-20-15-25-26(31-17-30-25)16-21(20)10-5-19-8-13-23(28-2)24(14-19)29-3/h6-8,11-16H,4-5,9-10,17H2,1-3H3. The smallest absolute Gasteiger partial charge is 0.231 e. The molecular weight excluding hydrogens is 392 g/mol. The predicted molar refractivity (Wildman–Crippen MR) is 120 cm³/mol. The van der Waals surface area contributed by atoms with Crippen LogP contribution >= 0.6 is 0 Å². The van der Waals surface area contributed by atoms with Crippen LogP contribution in [0.5, 0.6) is 28.7 Å². The maximum Gasteiger partial charge on any atom is 0.231 e. The molecule has 0 aromatic heterocycles. The zero-order valence-corrected chi connectivity index (χ0v) is 18.3. The van der Waals surface area contributed by atoms with E-state index in [0.717, 1.165) is 54.4 Å². The van der Waals surface area contributed by atoms with Crippen molar-refractivity contribution in [1.29, 1.82) is 0 Å². The molecular formula is C26H28O5. The van der Waals surface area contributed by atoms with Crippen LogP contribution in [-0.2, 0) is 25.7 Å². The first kappa shape index (κ1) is 20.9. The number of rotatable bonds is 9. The molecule has 0 unspecified atom stereocenters. The van der Waals surface area contributed by atoms with Gasteiger partial charge in [-0.25, -0.2) is 0 Å². The quantitative estimate of drug-likeness (QED) is 0.487. The molecule has 0 bridgehead atoms. The number of fused-ring (bicyclic) bond motifs is 1. The lowest BCUT2D eigenvalue weighted by Crippen LogP contribution is -2.01. The third-order valence-corrected chi connectivity index (χ3v) is 5.67. The van der Waals surface area contributed by atoms with Gasteiger partial charge < -0.3 is 23.7 Å². The van der Waals surface area contributed by atoms with Crippen LogP contribution in [0.3, 0.4) is 0 Å². The first-order valence-corrected chi connectivity index (χ1v) is 10.5. The highest BCUT2D eigenvalue weighted by Gasteiger charge is 2.17. The van der Waals surface area contributed by atoms with E-state index in [9.17, 15) is 0 Å². The van der Waals surface area contributed by atoms with Crippen LogP contribution in [0, 0.1) is 0 Å². The van der Waals surface area contributed by atoms with Crippen molar-refractivity contribution < 1.29 is 23.7 Å². The third-order valence-electron chi connectivity index (χ3n) is 5.67. The van der Waals surface area contributed by atoms with Gasteiger partial charge in [-0.05, 0) is 84.3 Å². The molecule has 0 N–H and O–H groups in total. The molecule has 0 saturated carbocycles. The van der Waals surface area contributed by atoms with Gasteiger partial charge in [0.1, 0.15) is 5.75 Å². The fourth-order valence-corrected chi connectivity index (χ4v) is 3.88. The number of methoxy groups -OCH3 is 3. The Morgan fingerprint density at radius 3 is 1.77 bits per heavy atom. The molecule has 0 fully saturated rings. The van der Waals surface area contributed by atoms with E-state index in [1.165, 1.54) is 22.3 Å². The third kappa shape index (κ3) is 4.88. The van der Waals surface area contributed by atoms with E-state index in [-0.39, 0.29) is 6.79 Å². The summed E-state index contributed by atoms with van der Waals surface area (Å²) in [4.78, 5) is 0. The lowest BCUT2D eigenvalue weighted by Gasteiger charge is -2.13. The van der Waals surface area contributed by atoms with Crippen molar-refractivity contribution in [2.75, 3.05) is 28.1 Å². The van der Waals surface area contributed by atoms with Crippen molar-refractivity contribution in [3.05, 3.63) is 76.9 Å². The minimum Gasteiger partial charge on any atom is -0.497 e. The van der Waals surface area contributed by atoms with Crippen LogP contribution in [0.2, 0.25) is 0 Å². The van der Waals surface area contributed by atoms with Gasteiger partial charge in [0.25, 0.3) is 0 Å². The van der Waals surface area contributed by atoms with Gasteiger partial charge in [0.15, 0.2) is 23.0 Å². The van der Waals surface area contributed by atoms with Crippen LogP contribution < -0.4 is 23.7 Å². The molecule has 3 aromatic rings. The average Bonchev–Trinajstić information content (AvgIpc) is 3.28. The molecule has 0 atom stereocenters. The summed E-state index contributed by atoms with van der Waals surface area (Å²) in [5.74, 6) is 4.04. The Labute approximate surface area is 183 Å². The van der Waals surface area contributed by atoms with Gasteiger partial charge in [-0.2, -0.15) is 0 Å². The molecule has 162 valence electrons. The van der Waals surface area contributed by atoms with Crippen LogP contribution in [0.25, 0.3) is 0 Å². The van der Waals surface area contributed by atoms with Gasteiger partial charge in [-0.1, -0.05) is 18.2 Å². The van der Waals surface area contributed by atoms with E-state index in [0.29, 0.717) is 0 Å². The molecule has 0 saturated heterocycles. The minimum atomic E-state index is 0.284. The van der Waals surface area contributed by atoms with E-state index in [1.807, 2.05) is 24.3 Å². The maximum atomic E-state index is 5.63. The summed E-state index contributed by atoms with van der Waals surface area (Å²) >= 11 is 0. The molecule has 5 nitrogen and oxygen atoms in total. The molecule has 3 aromatic carbocycles. The lowest BCUT2D eigenvalue weighted by molar-refractivity contribution is 0.174. The average molecular weight is 421 g/mol. The largest absolute Gasteiger partial charge is 0.497 e. The van der Waals surface area contributed by atoms with Gasteiger partial charge in [0.05, 0.1) is 21.3 Å². The molecule has 0 spiro atoms. The van der Waals surface area contributed by atoms with Crippen molar-refractivity contribution in [3.8, 4) is 28.7 Å². The normalized spacial score (nSPS) is 12.0. The molecule has 1 heterocycles. The Hall–Kier alpha value is -3.34. The topological polar surface area (TPSA) is 46.2 Å². The summed E-state index contributed by atoms with van der Waals surface area (Å²) in [6, 6.07) is 18.6. The highest BCUT2D eigenvalue weighted by Crippen LogP contribution is 2.36. The fraction of sp³-hybridized carbons (Fsp3) is 0.308. The Morgan fingerprint density at radius 2 is 1.19 bits per heavy atom. The zero-order valence-electron chi connectivity index (χ0n) is 18.3. The van der Waals surface area contributed by atoms with Crippen LogP contribution in [0.15, 0.2) is 54.6 Å². The highest BCUT2D eigenvalue weighted by molar-refractivity contribution is 5.50. The summed E-state index contributed by atoms with van der Waals surface area (Å²) in [7, 11) is 5.00. The molecule has 31 heavy (non-hydrogen) atoms. The number of ether oxygens (including phenoxy) is 5. The molecule has 1 aliphatic heterocycles. The summed E-state index contributed by atoms with van der Waals surface area (Å²) in [6.07, 6.45) is 3.69. The number of benzene rings is 3. The van der Waals surface area contributed by atoms with Gasteiger partial charge in [0.2, 0.25) is 6.79 Å². The van der Waals surface area contributed by atoms with E-state index < -0.39 is 0 Å². The van der Waals surface area contributed by atoms with Crippen molar-refractivity contribution >= 4 is 0 Å².